The Morgan fingerprint density at radius 1 is 1.62 bits per heavy atom. The van der Waals surface area contributed by atoms with Crippen LogP contribution >= 0.6 is 0 Å². The highest BCUT2D eigenvalue weighted by atomic mass is 16.5. The van der Waals surface area contributed by atoms with Gasteiger partial charge in [-0.15, -0.1) is 5.10 Å². The molecule has 6 nitrogen and oxygen atoms in total. The van der Waals surface area contributed by atoms with Gasteiger partial charge in [0.05, 0.1) is 6.61 Å². The molecule has 1 rings (SSSR count). The first-order valence-corrected chi connectivity index (χ1v) is 4.19. The van der Waals surface area contributed by atoms with E-state index in [9.17, 15) is 4.79 Å². The number of rotatable bonds is 5. The molecule has 6 heteroatoms. The van der Waals surface area contributed by atoms with Crippen LogP contribution in [0.3, 0.4) is 0 Å². The minimum Gasteiger partial charge on any atom is -0.466 e. The topological polar surface area (TPSA) is 69.9 Å². The molecule has 0 aliphatic carbocycles. The molecule has 1 aromatic rings. The molecular weight excluding hydrogens is 172 g/mol. The van der Waals surface area contributed by atoms with Crippen molar-refractivity contribution >= 4 is 5.97 Å². The average Bonchev–Trinajstić information content (AvgIpc) is 2.57. The van der Waals surface area contributed by atoms with Crippen molar-refractivity contribution in [3.63, 3.8) is 0 Å². The van der Waals surface area contributed by atoms with Crippen molar-refractivity contribution < 1.29 is 9.53 Å². The number of aryl methyl sites for hydroxylation is 1. The summed E-state index contributed by atoms with van der Waals surface area (Å²) in [6.45, 7) is 2.87. The maximum atomic E-state index is 10.9. The van der Waals surface area contributed by atoms with Crippen molar-refractivity contribution in [1.82, 2.24) is 20.2 Å². The Morgan fingerprint density at radius 2 is 2.46 bits per heavy atom. The molecule has 13 heavy (non-hydrogen) atoms. The maximum Gasteiger partial charge on any atom is 0.305 e. The average molecular weight is 184 g/mol. The Bertz CT molecular complexity index is 247. The molecule has 0 N–H and O–H groups in total. The van der Waals surface area contributed by atoms with Crippen molar-refractivity contribution in [3.8, 4) is 0 Å². The van der Waals surface area contributed by atoms with Gasteiger partial charge in [0.2, 0.25) is 0 Å². The Morgan fingerprint density at radius 3 is 3.08 bits per heavy atom. The van der Waals surface area contributed by atoms with Crippen LogP contribution in [0.1, 0.15) is 19.8 Å². The number of esters is 1. The summed E-state index contributed by atoms with van der Waals surface area (Å²) in [4.78, 5) is 10.9. The van der Waals surface area contributed by atoms with E-state index in [1.807, 2.05) is 0 Å². The number of nitrogens with zero attached hydrogens (tertiary/aromatic N) is 4. The number of ether oxygens (including phenoxy) is 1. The first-order chi connectivity index (χ1) is 6.33. The van der Waals surface area contributed by atoms with E-state index < -0.39 is 0 Å². The summed E-state index contributed by atoms with van der Waals surface area (Å²) in [5.41, 5.74) is 0. The molecule has 0 bridgehead atoms. The lowest BCUT2D eigenvalue weighted by atomic mass is 10.3. The van der Waals surface area contributed by atoms with Crippen LogP contribution in [0.15, 0.2) is 6.33 Å². The van der Waals surface area contributed by atoms with Gasteiger partial charge >= 0.3 is 5.97 Å². The summed E-state index contributed by atoms with van der Waals surface area (Å²) in [5, 5.41) is 10.6. The molecule has 72 valence electrons. The van der Waals surface area contributed by atoms with Crippen molar-refractivity contribution in [2.45, 2.75) is 26.3 Å². The zero-order valence-electron chi connectivity index (χ0n) is 7.51. The largest absolute Gasteiger partial charge is 0.466 e. The number of aromatic nitrogens is 4. The van der Waals surface area contributed by atoms with Gasteiger partial charge in [-0.3, -0.25) is 4.79 Å². The third-order valence-electron chi connectivity index (χ3n) is 1.46. The quantitative estimate of drug-likeness (QED) is 0.603. The molecule has 0 atom stereocenters. The summed E-state index contributed by atoms with van der Waals surface area (Å²) < 4.78 is 6.34. The van der Waals surface area contributed by atoms with Gasteiger partial charge in [0, 0.05) is 13.0 Å². The number of carbonyl (C=O) groups excluding carboxylic acids is 1. The molecule has 0 aliphatic rings. The second-order valence-corrected chi connectivity index (χ2v) is 2.48. The van der Waals surface area contributed by atoms with Crippen LogP contribution in [0.5, 0.6) is 0 Å². The van der Waals surface area contributed by atoms with Crippen LogP contribution < -0.4 is 0 Å². The van der Waals surface area contributed by atoms with Crippen molar-refractivity contribution in [2.24, 2.45) is 0 Å². The van der Waals surface area contributed by atoms with E-state index in [1.54, 1.807) is 11.6 Å². The molecule has 0 amide bonds. The van der Waals surface area contributed by atoms with Gasteiger partial charge in [0.1, 0.15) is 6.33 Å². The summed E-state index contributed by atoms with van der Waals surface area (Å²) in [5.74, 6) is -0.171. The van der Waals surface area contributed by atoms with Crippen molar-refractivity contribution in [1.29, 1.82) is 0 Å². The van der Waals surface area contributed by atoms with Crippen LogP contribution in [0.25, 0.3) is 0 Å². The molecule has 1 aromatic heterocycles. The summed E-state index contributed by atoms with van der Waals surface area (Å²) >= 11 is 0. The fourth-order valence-electron chi connectivity index (χ4n) is 0.901. The zero-order chi connectivity index (χ0) is 9.52. The predicted molar refractivity (Wildman–Crippen MR) is 43.7 cm³/mol. The minimum absolute atomic E-state index is 0.171. The number of hydrogen-bond donors (Lipinski definition) is 0. The van der Waals surface area contributed by atoms with E-state index in [4.69, 9.17) is 4.74 Å². The van der Waals surface area contributed by atoms with E-state index in [2.05, 4.69) is 15.5 Å². The smallest absolute Gasteiger partial charge is 0.305 e. The molecule has 0 aromatic carbocycles. The van der Waals surface area contributed by atoms with Gasteiger partial charge < -0.3 is 4.74 Å². The Balaban J connectivity index is 2.11. The molecule has 0 unspecified atom stereocenters. The predicted octanol–water partition coefficient (Wildman–Crippen LogP) is 0.0164. The van der Waals surface area contributed by atoms with Gasteiger partial charge in [0.25, 0.3) is 0 Å². The Kier molecular flexibility index (Phi) is 3.87. The third-order valence-corrected chi connectivity index (χ3v) is 1.46. The standard InChI is InChI=1S/C7H12N4O2/c1-2-13-7(12)4-3-5-11-6-8-9-10-11/h6H,2-5H2,1H3. The Labute approximate surface area is 75.9 Å². The fraction of sp³-hybridized carbons (Fsp3) is 0.714. The van der Waals surface area contributed by atoms with E-state index >= 15 is 0 Å². The van der Waals surface area contributed by atoms with Crippen molar-refractivity contribution in [2.75, 3.05) is 6.61 Å². The SMILES string of the molecule is CCOC(=O)CCCn1cnnn1. The summed E-state index contributed by atoms with van der Waals surface area (Å²) in [6.07, 6.45) is 2.63. The molecule has 0 saturated heterocycles. The first-order valence-electron chi connectivity index (χ1n) is 4.19. The molecule has 0 fully saturated rings. The van der Waals surface area contributed by atoms with E-state index in [1.165, 1.54) is 6.33 Å². The molecule has 0 spiro atoms. The summed E-state index contributed by atoms with van der Waals surface area (Å²) in [6, 6.07) is 0. The van der Waals surface area contributed by atoms with Crippen LogP contribution in [0.2, 0.25) is 0 Å². The van der Waals surface area contributed by atoms with Crippen LogP contribution in [-0.4, -0.2) is 32.8 Å². The normalized spacial score (nSPS) is 9.92. The van der Waals surface area contributed by atoms with Crippen LogP contribution in [-0.2, 0) is 16.1 Å². The molecule has 0 aliphatic heterocycles. The first kappa shape index (κ1) is 9.63. The number of hydrogen-bond acceptors (Lipinski definition) is 5. The third kappa shape index (κ3) is 3.64. The van der Waals surface area contributed by atoms with Gasteiger partial charge in [-0.1, -0.05) is 0 Å². The van der Waals surface area contributed by atoms with Gasteiger partial charge in [-0.05, 0) is 23.8 Å². The molecule has 1 heterocycles. The fourth-order valence-corrected chi connectivity index (χ4v) is 0.901. The molecular formula is C7H12N4O2. The van der Waals surface area contributed by atoms with Gasteiger partial charge in [-0.2, -0.15) is 0 Å². The minimum atomic E-state index is -0.171. The van der Waals surface area contributed by atoms with Crippen molar-refractivity contribution in [3.05, 3.63) is 6.33 Å². The van der Waals surface area contributed by atoms with Crippen LogP contribution in [0.4, 0.5) is 0 Å². The zero-order valence-corrected chi connectivity index (χ0v) is 7.51. The highest BCUT2D eigenvalue weighted by Gasteiger charge is 2.01. The number of tetrazole rings is 1. The highest BCUT2D eigenvalue weighted by molar-refractivity contribution is 5.69. The van der Waals surface area contributed by atoms with E-state index in [-0.39, 0.29) is 5.97 Å². The number of carbonyl (C=O) groups is 1. The van der Waals surface area contributed by atoms with Gasteiger partial charge in [0.15, 0.2) is 0 Å². The van der Waals surface area contributed by atoms with Gasteiger partial charge in [-0.25, -0.2) is 4.68 Å². The lowest BCUT2D eigenvalue weighted by molar-refractivity contribution is -0.143. The van der Waals surface area contributed by atoms with E-state index in [0.29, 0.717) is 26.0 Å². The van der Waals surface area contributed by atoms with Crippen LogP contribution in [0, 0.1) is 0 Å². The lowest BCUT2D eigenvalue weighted by Gasteiger charge is -2.00. The Hall–Kier alpha value is -1.46. The second-order valence-electron chi connectivity index (χ2n) is 2.48. The molecule has 0 radical (unpaired) electrons. The summed E-state index contributed by atoms with van der Waals surface area (Å²) in [7, 11) is 0. The van der Waals surface area contributed by atoms with E-state index in [0.717, 1.165) is 0 Å². The maximum absolute atomic E-state index is 10.9. The lowest BCUT2D eigenvalue weighted by Crippen LogP contribution is -2.06. The monoisotopic (exact) mass is 184 g/mol. The second kappa shape index (κ2) is 5.23. The molecule has 0 saturated carbocycles. The highest BCUT2D eigenvalue weighted by Crippen LogP contribution is 1.94.